The van der Waals surface area contributed by atoms with Gasteiger partial charge >= 0.3 is 0 Å². The molecule has 0 saturated heterocycles. The van der Waals surface area contributed by atoms with E-state index in [9.17, 15) is 0 Å². The van der Waals surface area contributed by atoms with Crippen molar-refractivity contribution in [3.63, 3.8) is 0 Å². The number of para-hydroxylation sites is 1. The number of hydrogen-bond donors (Lipinski definition) is 0. The summed E-state index contributed by atoms with van der Waals surface area (Å²) in [7, 11) is 0. The van der Waals surface area contributed by atoms with Gasteiger partial charge in [-0.2, -0.15) is 0 Å². The molecule has 56 heavy (non-hydrogen) atoms. The molecule has 0 bridgehead atoms. The first kappa shape index (κ1) is 32.0. The molecule has 11 aromatic rings. The lowest BCUT2D eigenvalue weighted by molar-refractivity contribution is 0.673. The van der Waals surface area contributed by atoms with E-state index < -0.39 is 0 Å². The van der Waals surface area contributed by atoms with Crippen LogP contribution < -0.4 is 4.90 Å². The molecule has 0 atom stereocenters. The highest BCUT2D eigenvalue weighted by Gasteiger charge is 2.18. The third-order valence-corrected chi connectivity index (χ3v) is 11.2. The number of hydrogen-bond acceptors (Lipinski definition) is 2. The Morgan fingerprint density at radius 3 is 1.64 bits per heavy atom. The molecular formula is C54H35NO. The Kier molecular flexibility index (Phi) is 7.53. The fraction of sp³-hybridized carbons (Fsp3) is 0. The van der Waals surface area contributed by atoms with Gasteiger partial charge in [0, 0.05) is 33.2 Å². The minimum absolute atomic E-state index is 0.894. The summed E-state index contributed by atoms with van der Waals surface area (Å²) in [5.74, 6) is 0. The fourth-order valence-electron chi connectivity index (χ4n) is 8.57. The lowest BCUT2D eigenvalue weighted by Gasteiger charge is -2.26. The highest BCUT2D eigenvalue weighted by Crippen LogP contribution is 2.43. The van der Waals surface area contributed by atoms with Gasteiger partial charge in [0.1, 0.15) is 11.2 Å². The molecule has 0 saturated carbocycles. The summed E-state index contributed by atoms with van der Waals surface area (Å²) in [6.07, 6.45) is 0. The van der Waals surface area contributed by atoms with Crippen LogP contribution in [0.2, 0.25) is 0 Å². The highest BCUT2D eigenvalue weighted by atomic mass is 16.3. The molecule has 1 heterocycles. The molecule has 262 valence electrons. The summed E-state index contributed by atoms with van der Waals surface area (Å²) in [5.41, 5.74) is 12.3. The smallest absolute Gasteiger partial charge is 0.143 e. The average molecular weight is 714 g/mol. The molecule has 2 nitrogen and oxygen atoms in total. The van der Waals surface area contributed by atoms with Crippen LogP contribution in [-0.4, -0.2) is 0 Å². The van der Waals surface area contributed by atoms with Crippen LogP contribution in [0.15, 0.2) is 217 Å². The van der Waals surface area contributed by atoms with Crippen molar-refractivity contribution in [3.8, 4) is 33.4 Å². The van der Waals surface area contributed by atoms with E-state index in [1.165, 1.54) is 49.2 Å². The zero-order valence-corrected chi connectivity index (χ0v) is 30.6. The van der Waals surface area contributed by atoms with E-state index in [-0.39, 0.29) is 0 Å². The number of rotatable bonds is 6. The largest absolute Gasteiger partial charge is 0.455 e. The van der Waals surface area contributed by atoms with Crippen molar-refractivity contribution in [2.45, 2.75) is 0 Å². The normalized spacial score (nSPS) is 11.6. The van der Waals surface area contributed by atoms with E-state index in [0.717, 1.165) is 55.5 Å². The van der Waals surface area contributed by atoms with E-state index in [1.54, 1.807) is 0 Å². The van der Waals surface area contributed by atoms with E-state index in [0.29, 0.717) is 0 Å². The van der Waals surface area contributed by atoms with Crippen molar-refractivity contribution in [3.05, 3.63) is 212 Å². The molecule has 0 radical (unpaired) electrons. The third kappa shape index (κ3) is 5.34. The second-order valence-electron chi connectivity index (χ2n) is 14.5. The van der Waals surface area contributed by atoms with Gasteiger partial charge in [-0.1, -0.05) is 152 Å². The summed E-state index contributed by atoms with van der Waals surface area (Å²) in [5, 5.41) is 9.62. The minimum Gasteiger partial charge on any atom is -0.455 e. The SMILES string of the molecule is c1ccc(-c2cc3c4cc(-c5ccc(N(c6ccccc6)c6cccc(-c7cc8ccccc8c8ccccc78)c6)cc5)ccc4oc3c3ccccc23)cc1. The molecule has 0 unspecified atom stereocenters. The first-order valence-corrected chi connectivity index (χ1v) is 19.2. The Hall–Kier alpha value is -7.42. The number of anilines is 3. The van der Waals surface area contributed by atoms with E-state index in [4.69, 9.17) is 4.42 Å². The van der Waals surface area contributed by atoms with Gasteiger partial charge in [0.05, 0.1) is 0 Å². The maximum Gasteiger partial charge on any atom is 0.143 e. The lowest BCUT2D eigenvalue weighted by Crippen LogP contribution is -2.09. The maximum absolute atomic E-state index is 6.58. The van der Waals surface area contributed by atoms with Crippen molar-refractivity contribution in [1.82, 2.24) is 0 Å². The Balaban J connectivity index is 1.01. The van der Waals surface area contributed by atoms with Crippen molar-refractivity contribution >= 4 is 71.3 Å². The lowest BCUT2D eigenvalue weighted by atomic mass is 9.93. The zero-order valence-electron chi connectivity index (χ0n) is 30.6. The van der Waals surface area contributed by atoms with E-state index >= 15 is 0 Å². The predicted octanol–water partition coefficient (Wildman–Crippen LogP) is 15.5. The van der Waals surface area contributed by atoms with Gasteiger partial charge in [-0.25, -0.2) is 0 Å². The van der Waals surface area contributed by atoms with Crippen molar-refractivity contribution in [1.29, 1.82) is 0 Å². The monoisotopic (exact) mass is 713 g/mol. The molecule has 0 N–H and O–H groups in total. The van der Waals surface area contributed by atoms with Gasteiger partial charge in [0.2, 0.25) is 0 Å². The predicted molar refractivity (Wildman–Crippen MR) is 237 cm³/mol. The second-order valence-corrected chi connectivity index (χ2v) is 14.5. The summed E-state index contributed by atoms with van der Waals surface area (Å²) in [4.78, 5) is 2.35. The van der Waals surface area contributed by atoms with Crippen LogP contribution in [0, 0.1) is 0 Å². The van der Waals surface area contributed by atoms with Gasteiger partial charge in [0.25, 0.3) is 0 Å². The van der Waals surface area contributed by atoms with Crippen LogP contribution in [0.25, 0.3) is 87.6 Å². The molecule has 10 aromatic carbocycles. The van der Waals surface area contributed by atoms with Gasteiger partial charge in [-0.3, -0.25) is 0 Å². The first-order valence-electron chi connectivity index (χ1n) is 19.2. The fourth-order valence-corrected chi connectivity index (χ4v) is 8.57. The molecule has 1 aromatic heterocycles. The summed E-state index contributed by atoms with van der Waals surface area (Å²) < 4.78 is 6.58. The minimum atomic E-state index is 0.894. The van der Waals surface area contributed by atoms with Crippen LogP contribution >= 0.6 is 0 Å². The molecule has 0 aliphatic carbocycles. The number of fused-ring (bicyclic) bond motifs is 8. The van der Waals surface area contributed by atoms with Crippen molar-refractivity contribution in [2.75, 3.05) is 4.90 Å². The van der Waals surface area contributed by atoms with Crippen LogP contribution in [0.5, 0.6) is 0 Å². The zero-order chi connectivity index (χ0) is 37.0. The van der Waals surface area contributed by atoms with Gasteiger partial charge in [-0.05, 0) is 121 Å². The number of furan rings is 1. The molecule has 2 heteroatoms. The molecule has 0 spiro atoms. The summed E-state index contributed by atoms with van der Waals surface area (Å²) in [6, 6.07) is 76.4. The molecule has 0 aliphatic heterocycles. The van der Waals surface area contributed by atoms with Crippen molar-refractivity contribution < 1.29 is 4.42 Å². The molecule has 0 fully saturated rings. The third-order valence-electron chi connectivity index (χ3n) is 11.2. The first-order chi connectivity index (χ1) is 27.8. The van der Waals surface area contributed by atoms with Crippen LogP contribution in [0.3, 0.4) is 0 Å². The Morgan fingerprint density at radius 2 is 0.857 bits per heavy atom. The summed E-state index contributed by atoms with van der Waals surface area (Å²) in [6.45, 7) is 0. The van der Waals surface area contributed by atoms with Crippen molar-refractivity contribution in [2.24, 2.45) is 0 Å². The van der Waals surface area contributed by atoms with Crippen LogP contribution in [-0.2, 0) is 0 Å². The molecule has 0 amide bonds. The Morgan fingerprint density at radius 1 is 0.286 bits per heavy atom. The standard InChI is InChI=1S/C54H35NO/c1-3-14-37(15-4-1)50-35-52-51-33-38(28-31-53(51)56-54(52)48-25-12-11-24-47(48)50)36-26-29-42(30-27-36)55(41-18-5-2-6-19-41)43-20-13-17-39(32-43)49-34-40-16-7-8-21-44(40)45-22-9-10-23-46(45)49/h1-35H. The maximum atomic E-state index is 6.58. The second kappa shape index (κ2) is 13.2. The average Bonchev–Trinajstić information content (AvgIpc) is 3.65. The van der Waals surface area contributed by atoms with Gasteiger partial charge in [-0.15, -0.1) is 0 Å². The highest BCUT2D eigenvalue weighted by molar-refractivity contribution is 6.19. The van der Waals surface area contributed by atoms with E-state index in [1.807, 2.05) is 0 Å². The van der Waals surface area contributed by atoms with Gasteiger partial charge < -0.3 is 9.32 Å². The molecule has 11 rings (SSSR count). The van der Waals surface area contributed by atoms with Gasteiger partial charge in [0.15, 0.2) is 0 Å². The Bertz CT molecular complexity index is 3230. The topological polar surface area (TPSA) is 16.4 Å². The van der Waals surface area contributed by atoms with E-state index in [2.05, 4.69) is 217 Å². The van der Waals surface area contributed by atoms with Crippen LogP contribution in [0.4, 0.5) is 17.1 Å². The number of benzene rings is 10. The van der Waals surface area contributed by atoms with Crippen LogP contribution in [0.1, 0.15) is 0 Å². The summed E-state index contributed by atoms with van der Waals surface area (Å²) >= 11 is 0. The molecule has 0 aliphatic rings. The molecular weight excluding hydrogens is 679 g/mol. The quantitative estimate of drug-likeness (QED) is 0.160. The Labute approximate surface area is 325 Å². The number of nitrogens with zero attached hydrogens (tertiary/aromatic N) is 1.